The standard InChI is InChI=1S/C19H23ClN8O/c1-14-23-25-27(24-14)13-16-12-17(20)4-2-15(16)3-5-19(29)26-10-6-18(7-11-26)28-21-8-9-22-28/h2-5,8-9,12,18-19,29H,6-7,10-11,13H2,1H3/b5-3+. The fraction of sp³-hybridized carbons (Fsp3) is 0.421. The molecule has 1 fully saturated rings. The predicted octanol–water partition coefficient (Wildman–Crippen LogP) is 1.94. The maximum atomic E-state index is 10.6. The molecule has 1 atom stereocenters. The Morgan fingerprint density at radius 3 is 2.69 bits per heavy atom. The molecular weight excluding hydrogens is 392 g/mol. The molecule has 2 aromatic heterocycles. The lowest BCUT2D eigenvalue weighted by molar-refractivity contribution is 0.0163. The second-order valence-electron chi connectivity index (χ2n) is 7.10. The number of aromatic nitrogens is 7. The van der Waals surface area contributed by atoms with E-state index >= 15 is 0 Å². The van der Waals surface area contributed by atoms with Crippen LogP contribution in [0.5, 0.6) is 0 Å². The van der Waals surface area contributed by atoms with Crippen LogP contribution in [0.4, 0.5) is 0 Å². The van der Waals surface area contributed by atoms with E-state index in [0.29, 0.717) is 23.4 Å². The van der Waals surface area contributed by atoms with Gasteiger partial charge in [-0.25, -0.2) is 0 Å². The summed E-state index contributed by atoms with van der Waals surface area (Å²) < 4.78 is 0. The van der Waals surface area contributed by atoms with Gasteiger partial charge in [-0.1, -0.05) is 23.7 Å². The average Bonchev–Trinajstić information content (AvgIpc) is 3.39. The normalized spacial score (nSPS) is 17.2. The van der Waals surface area contributed by atoms with Crippen LogP contribution in [0.15, 0.2) is 36.7 Å². The first-order chi connectivity index (χ1) is 14.1. The first-order valence-electron chi connectivity index (χ1n) is 9.57. The molecule has 29 heavy (non-hydrogen) atoms. The number of rotatable bonds is 6. The van der Waals surface area contributed by atoms with Gasteiger partial charge >= 0.3 is 0 Å². The molecule has 3 aromatic rings. The van der Waals surface area contributed by atoms with Crippen LogP contribution in [0.2, 0.25) is 5.02 Å². The molecule has 0 radical (unpaired) electrons. The SMILES string of the molecule is Cc1nnn(Cc2cc(Cl)ccc2/C=C/C(O)N2CCC(n3nccn3)CC2)n1. The van der Waals surface area contributed by atoms with Crippen molar-refractivity contribution in [1.29, 1.82) is 0 Å². The average molecular weight is 415 g/mol. The Bertz CT molecular complexity index is 963. The minimum Gasteiger partial charge on any atom is -0.375 e. The van der Waals surface area contributed by atoms with Crippen LogP contribution in [-0.4, -0.2) is 64.5 Å². The topological polar surface area (TPSA) is 97.8 Å². The van der Waals surface area contributed by atoms with Gasteiger partial charge in [0.1, 0.15) is 6.23 Å². The van der Waals surface area contributed by atoms with E-state index in [9.17, 15) is 5.11 Å². The summed E-state index contributed by atoms with van der Waals surface area (Å²) in [5.74, 6) is 0.619. The third-order valence-corrected chi connectivity index (χ3v) is 5.29. The number of halogens is 1. The van der Waals surface area contributed by atoms with Gasteiger partial charge in [0.2, 0.25) is 0 Å². The summed E-state index contributed by atoms with van der Waals surface area (Å²) in [6.07, 6.45) is 8.28. The van der Waals surface area contributed by atoms with Crippen LogP contribution in [0.25, 0.3) is 6.08 Å². The number of hydrogen-bond acceptors (Lipinski definition) is 7. The molecule has 0 spiro atoms. The van der Waals surface area contributed by atoms with Crippen molar-refractivity contribution in [1.82, 2.24) is 40.1 Å². The van der Waals surface area contributed by atoms with Crippen LogP contribution in [-0.2, 0) is 6.54 Å². The number of aliphatic hydroxyl groups is 1. The van der Waals surface area contributed by atoms with Gasteiger partial charge in [-0.2, -0.15) is 19.8 Å². The van der Waals surface area contributed by atoms with Crippen molar-refractivity contribution >= 4 is 17.7 Å². The summed E-state index contributed by atoms with van der Waals surface area (Å²) >= 11 is 6.17. The molecule has 0 saturated carbocycles. The zero-order valence-electron chi connectivity index (χ0n) is 16.1. The van der Waals surface area contributed by atoms with Crippen molar-refractivity contribution in [3.05, 3.63) is 58.6 Å². The quantitative estimate of drug-likeness (QED) is 0.658. The highest BCUT2D eigenvalue weighted by atomic mass is 35.5. The lowest BCUT2D eigenvalue weighted by Crippen LogP contribution is -2.41. The van der Waals surface area contributed by atoms with Gasteiger partial charge in [0.15, 0.2) is 5.82 Å². The van der Waals surface area contributed by atoms with Crippen molar-refractivity contribution in [3.63, 3.8) is 0 Å². The smallest absolute Gasteiger partial charge is 0.171 e. The number of aliphatic hydroxyl groups excluding tert-OH is 1. The third-order valence-electron chi connectivity index (χ3n) is 5.05. The van der Waals surface area contributed by atoms with Crippen molar-refractivity contribution in [2.75, 3.05) is 13.1 Å². The molecule has 0 aliphatic carbocycles. The molecule has 9 nitrogen and oxygen atoms in total. The molecule has 152 valence electrons. The van der Waals surface area contributed by atoms with E-state index in [0.717, 1.165) is 37.1 Å². The van der Waals surface area contributed by atoms with Crippen molar-refractivity contribution in [3.8, 4) is 0 Å². The fourth-order valence-electron chi connectivity index (χ4n) is 3.52. The molecule has 4 rings (SSSR count). The number of benzene rings is 1. The third kappa shape index (κ3) is 4.87. The van der Waals surface area contributed by atoms with Crippen LogP contribution in [0, 0.1) is 6.92 Å². The van der Waals surface area contributed by atoms with Crippen LogP contribution in [0.1, 0.15) is 35.8 Å². The lowest BCUT2D eigenvalue weighted by atomic mass is 10.0. The van der Waals surface area contributed by atoms with Gasteiger partial charge < -0.3 is 5.11 Å². The monoisotopic (exact) mass is 414 g/mol. The second kappa shape index (κ2) is 8.81. The molecule has 1 aromatic carbocycles. The number of tetrazole rings is 1. The highest BCUT2D eigenvalue weighted by molar-refractivity contribution is 6.30. The van der Waals surface area contributed by atoms with E-state index in [1.807, 2.05) is 24.3 Å². The number of likely N-dealkylation sites (tertiary alicyclic amines) is 1. The molecule has 0 bridgehead atoms. The molecule has 10 heteroatoms. The van der Waals surface area contributed by atoms with E-state index in [4.69, 9.17) is 11.6 Å². The van der Waals surface area contributed by atoms with E-state index in [2.05, 4.69) is 30.5 Å². The molecule has 1 N–H and O–H groups in total. The first kappa shape index (κ1) is 19.7. The molecular formula is C19H23ClN8O. The molecule has 0 amide bonds. The molecule has 1 aliphatic heterocycles. The van der Waals surface area contributed by atoms with Crippen LogP contribution < -0.4 is 0 Å². The van der Waals surface area contributed by atoms with E-state index in [-0.39, 0.29) is 0 Å². The zero-order valence-corrected chi connectivity index (χ0v) is 16.9. The van der Waals surface area contributed by atoms with Gasteiger partial charge in [0.05, 0.1) is 25.0 Å². The Morgan fingerprint density at radius 1 is 1.24 bits per heavy atom. The number of aryl methyl sites for hydroxylation is 1. The summed E-state index contributed by atoms with van der Waals surface area (Å²) in [6.45, 7) is 3.82. The van der Waals surface area contributed by atoms with Gasteiger partial charge in [-0.3, -0.25) is 4.90 Å². The molecule has 1 saturated heterocycles. The molecule has 3 heterocycles. The Kier molecular flexibility index (Phi) is 5.98. The van der Waals surface area contributed by atoms with E-state index in [1.54, 1.807) is 30.2 Å². The summed E-state index contributed by atoms with van der Waals surface area (Å²) in [4.78, 5) is 5.34. The van der Waals surface area contributed by atoms with Gasteiger partial charge in [-0.05, 0) is 54.3 Å². The highest BCUT2D eigenvalue weighted by Crippen LogP contribution is 2.23. The number of nitrogens with zero attached hydrogens (tertiary/aromatic N) is 8. The Morgan fingerprint density at radius 2 is 2.00 bits per heavy atom. The summed E-state index contributed by atoms with van der Waals surface area (Å²) in [7, 11) is 0. The van der Waals surface area contributed by atoms with E-state index < -0.39 is 6.23 Å². The summed E-state index contributed by atoms with van der Waals surface area (Å²) in [5, 5.41) is 31.9. The largest absolute Gasteiger partial charge is 0.375 e. The Balaban J connectivity index is 1.41. The fourth-order valence-corrected chi connectivity index (χ4v) is 3.72. The molecule has 1 aliphatic rings. The van der Waals surface area contributed by atoms with Crippen LogP contribution in [0.3, 0.4) is 0 Å². The summed E-state index contributed by atoms with van der Waals surface area (Å²) in [6, 6.07) is 5.94. The van der Waals surface area contributed by atoms with Crippen LogP contribution >= 0.6 is 11.6 Å². The number of piperidine rings is 1. The highest BCUT2D eigenvalue weighted by Gasteiger charge is 2.24. The van der Waals surface area contributed by atoms with Gasteiger partial charge in [0, 0.05) is 18.1 Å². The Hall–Kier alpha value is -2.62. The zero-order chi connectivity index (χ0) is 20.2. The maximum absolute atomic E-state index is 10.6. The summed E-state index contributed by atoms with van der Waals surface area (Å²) in [5.41, 5.74) is 1.92. The molecule has 1 unspecified atom stereocenters. The second-order valence-corrected chi connectivity index (χ2v) is 7.54. The maximum Gasteiger partial charge on any atom is 0.171 e. The van der Waals surface area contributed by atoms with Crippen molar-refractivity contribution in [2.24, 2.45) is 0 Å². The van der Waals surface area contributed by atoms with E-state index in [1.165, 1.54) is 4.80 Å². The minimum atomic E-state index is -0.656. The predicted molar refractivity (Wildman–Crippen MR) is 108 cm³/mol. The number of hydrogen-bond donors (Lipinski definition) is 1. The van der Waals surface area contributed by atoms with Crippen molar-refractivity contribution in [2.45, 2.75) is 38.6 Å². The van der Waals surface area contributed by atoms with Gasteiger partial charge in [-0.15, -0.1) is 10.2 Å². The Labute approximate surface area is 173 Å². The van der Waals surface area contributed by atoms with Crippen molar-refractivity contribution < 1.29 is 5.11 Å². The van der Waals surface area contributed by atoms with Gasteiger partial charge in [0.25, 0.3) is 0 Å². The minimum absolute atomic E-state index is 0.291. The lowest BCUT2D eigenvalue weighted by Gasteiger charge is -2.33. The first-order valence-corrected chi connectivity index (χ1v) is 9.95.